The number of methoxy groups -OCH3 is 1. The number of nitrogens with two attached hydrogens (primary N) is 2. The normalized spacial score (nSPS) is 19.3. The molecule has 1 fully saturated rings. The summed E-state index contributed by atoms with van der Waals surface area (Å²) in [7, 11) is -2.98. The van der Waals surface area contributed by atoms with Crippen molar-refractivity contribution in [1.29, 1.82) is 0 Å². The summed E-state index contributed by atoms with van der Waals surface area (Å²) in [5.41, 5.74) is 12.0. The van der Waals surface area contributed by atoms with Crippen molar-refractivity contribution in [3.05, 3.63) is 54.4 Å². The molecule has 1 aliphatic heterocycles. The lowest BCUT2D eigenvalue weighted by atomic mass is 10.00. The lowest BCUT2D eigenvalue weighted by Crippen LogP contribution is -2.33. The molecule has 0 spiro atoms. The van der Waals surface area contributed by atoms with Crippen LogP contribution in [0.3, 0.4) is 0 Å². The van der Waals surface area contributed by atoms with Gasteiger partial charge in [0.2, 0.25) is 0 Å². The molecule has 2 aromatic carbocycles. The molecule has 0 radical (unpaired) electrons. The number of rotatable bonds is 6. The Balaban J connectivity index is 1.83. The number of anilines is 2. The van der Waals surface area contributed by atoms with Gasteiger partial charge in [-0.3, -0.25) is 0 Å². The highest BCUT2D eigenvalue weighted by molar-refractivity contribution is 5.80. The van der Waals surface area contributed by atoms with Crippen molar-refractivity contribution in [3.63, 3.8) is 0 Å². The number of aromatic nitrogens is 1. The smallest absolute Gasteiger partial charge is 0.161 e. The molecule has 0 amide bonds. The van der Waals surface area contributed by atoms with Gasteiger partial charge >= 0.3 is 0 Å². The van der Waals surface area contributed by atoms with E-state index < -0.39 is 48.6 Å². The zero-order chi connectivity index (χ0) is 26.9. The van der Waals surface area contributed by atoms with Gasteiger partial charge in [-0.15, -0.1) is 0 Å². The fraction of sp³-hybridized carbons (Fsp3) is 0.261. The van der Waals surface area contributed by atoms with E-state index in [1.54, 1.807) is 0 Å². The first-order valence-corrected chi connectivity index (χ1v) is 9.42. The quantitative estimate of drug-likeness (QED) is 0.576. The van der Waals surface area contributed by atoms with E-state index in [0.29, 0.717) is 13.2 Å². The number of pyridine rings is 1. The number of hydrogen-bond acceptors (Lipinski definition) is 7. The fourth-order valence-electron chi connectivity index (χ4n) is 3.08. The van der Waals surface area contributed by atoms with Crippen molar-refractivity contribution >= 4 is 11.5 Å². The molecule has 1 atom stereocenters. The molecule has 0 bridgehead atoms. The van der Waals surface area contributed by atoms with Crippen LogP contribution >= 0.6 is 0 Å². The molecular formula is C23H24FN3O4. The van der Waals surface area contributed by atoms with Gasteiger partial charge in [-0.05, 0) is 41.9 Å². The Hall–Kier alpha value is -3.36. The number of nitrogens with zero attached hydrogens (tertiary/aromatic N) is 1. The van der Waals surface area contributed by atoms with Gasteiger partial charge in [0.05, 0.1) is 35.1 Å². The van der Waals surface area contributed by atoms with E-state index in [-0.39, 0.29) is 47.0 Å². The molecule has 8 heteroatoms. The van der Waals surface area contributed by atoms with Crippen LogP contribution in [0.15, 0.2) is 48.6 Å². The van der Waals surface area contributed by atoms with E-state index in [2.05, 4.69) is 4.98 Å². The number of ether oxygens (including phenoxy) is 4. The fourth-order valence-corrected chi connectivity index (χ4v) is 3.08. The monoisotopic (exact) mass is 431 g/mol. The average molecular weight is 431 g/mol. The van der Waals surface area contributed by atoms with E-state index in [0.717, 1.165) is 6.07 Å². The largest absolute Gasteiger partial charge is 0.493 e. The van der Waals surface area contributed by atoms with Crippen LogP contribution in [0.25, 0.3) is 22.3 Å². The maximum Gasteiger partial charge on any atom is 0.161 e. The highest BCUT2D eigenvalue weighted by Crippen LogP contribution is 2.36. The summed E-state index contributed by atoms with van der Waals surface area (Å²) in [5, 5.41) is 0. The summed E-state index contributed by atoms with van der Waals surface area (Å²) in [6.07, 6.45) is 0.752. The van der Waals surface area contributed by atoms with E-state index in [4.69, 9.17) is 38.6 Å². The SMILES string of the molecule is [2H]c1c([2H])c(-c2cnc(N)c(-c3ccc(N)cc3F)c2)c([2H])c(OC([2H])([2H])[2H])c1OC[C@H]1COCCO1. The minimum absolute atomic E-state index is 0.0230. The lowest BCUT2D eigenvalue weighted by Gasteiger charge is -2.23. The molecule has 4 N–H and O–H groups in total. The van der Waals surface area contributed by atoms with Crippen molar-refractivity contribution < 1.29 is 31.6 Å². The van der Waals surface area contributed by atoms with Crippen LogP contribution in [0.2, 0.25) is 0 Å². The Labute approximate surface area is 188 Å². The van der Waals surface area contributed by atoms with Gasteiger partial charge in [0.25, 0.3) is 0 Å². The van der Waals surface area contributed by atoms with Crippen LogP contribution in [0, 0.1) is 5.82 Å². The Morgan fingerprint density at radius 2 is 2.10 bits per heavy atom. The van der Waals surface area contributed by atoms with Crippen LogP contribution in [0.4, 0.5) is 15.9 Å². The summed E-state index contributed by atoms with van der Waals surface area (Å²) in [4.78, 5) is 4.07. The topological polar surface area (TPSA) is 102 Å². The van der Waals surface area contributed by atoms with Crippen LogP contribution in [-0.4, -0.2) is 44.6 Å². The molecular weight excluding hydrogens is 401 g/mol. The second kappa shape index (κ2) is 9.20. The molecule has 1 aromatic heterocycles. The maximum absolute atomic E-state index is 14.6. The number of benzene rings is 2. The van der Waals surface area contributed by atoms with E-state index >= 15 is 0 Å². The van der Waals surface area contributed by atoms with Gasteiger partial charge in [-0.2, -0.15) is 0 Å². The molecule has 31 heavy (non-hydrogen) atoms. The lowest BCUT2D eigenvalue weighted by molar-refractivity contribution is -0.101. The van der Waals surface area contributed by atoms with Crippen molar-refractivity contribution in [3.8, 4) is 33.8 Å². The van der Waals surface area contributed by atoms with Gasteiger partial charge in [0.1, 0.15) is 24.3 Å². The summed E-state index contributed by atoms with van der Waals surface area (Å²) in [6, 6.07) is 3.92. The molecule has 3 aromatic rings. The van der Waals surface area contributed by atoms with Crippen LogP contribution in [0.1, 0.15) is 8.22 Å². The first kappa shape index (κ1) is 14.6. The Morgan fingerprint density at radius 1 is 1.19 bits per heavy atom. The Morgan fingerprint density at radius 3 is 2.87 bits per heavy atom. The number of halogens is 1. The molecule has 0 unspecified atom stereocenters. The van der Waals surface area contributed by atoms with E-state index in [1.165, 1.54) is 24.4 Å². The molecule has 1 saturated heterocycles. The Bertz CT molecular complexity index is 1320. The Kier molecular flexibility index (Phi) is 4.33. The minimum Gasteiger partial charge on any atom is -0.493 e. The van der Waals surface area contributed by atoms with Crippen LogP contribution < -0.4 is 20.9 Å². The van der Waals surface area contributed by atoms with Gasteiger partial charge in [0.15, 0.2) is 11.5 Å². The first-order valence-electron chi connectivity index (χ1n) is 12.4. The standard InChI is InChI=1S/C23H24FN3O4/c1-28-22-9-14(2-5-21(22)31-13-17-12-29-6-7-30-17)15-8-19(23(26)27-11-15)18-4-3-16(25)10-20(18)24/h2-5,8-11,17H,6-7,12-13,25H2,1H3,(H2,26,27)/t17-/m1/s1/i1D3,2D,5D,9D. The summed E-state index contributed by atoms with van der Waals surface area (Å²) in [6.45, 7) is 0.872. The van der Waals surface area contributed by atoms with Gasteiger partial charge in [-0.25, -0.2) is 9.37 Å². The number of nitrogen functional groups attached to an aromatic ring is 2. The predicted molar refractivity (Wildman–Crippen MR) is 116 cm³/mol. The van der Waals surface area contributed by atoms with Crippen molar-refractivity contribution in [1.82, 2.24) is 4.98 Å². The van der Waals surface area contributed by atoms with Crippen molar-refractivity contribution in [2.24, 2.45) is 0 Å². The third-order valence-corrected chi connectivity index (χ3v) is 4.64. The average Bonchev–Trinajstić information content (AvgIpc) is 2.83. The second-order valence-corrected chi connectivity index (χ2v) is 6.79. The van der Waals surface area contributed by atoms with Crippen LogP contribution in [0.5, 0.6) is 11.5 Å². The summed E-state index contributed by atoms with van der Waals surface area (Å²) < 4.78 is 84.6. The highest BCUT2D eigenvalue weighted by atomic mass is 19.1. The predicted octanol–water partition coefficient (Wildman–Crippen LogP) is 3.52. The number of hydrogen-bond donors (Lipinski definition) is 2. The van der Waals surface area contributed by atoms with Gasteiger partial charge in [-0.1, -0.05) is 6.04 Å². The molecule has 1 aliphatic rings. The zero-order valence-corrected chi connectivity index (χ0v) is 16.4. The van der Waals surface area contributed by atoms with Gasteiger partial charge in [0, 0.05) is 28.6 Å². The molecule has 4 rings (SSSR count). The van der Waals surface area contributed by atoms with E-state index in [1.807, 2.05) is 0 Å². The molecule has 0 aliphatic carbocycles. The molecule has 2 heterocycles. The molecule has 162 valence electrons. The summed E-state index contributed by atoms with van der Waals surface area (Å²) >= 11 is 0. The summed E-state index contributed by atoms with van der Waals surface area (Å²) in [5.74, 6) is -1.62. The zero-order valence-electron chi connectivity index (χ0n) is 22.4. The maximum atomic E-state index is 14.6. The molecule has 7 nitrogen and oxygen atoms in total. The van der Waals surface area contributed by atoms with Crippen molar-refractivity contribution in [2.75, 3.05) is 44.9 Å². The minimum atomic E-state index is -2.98. The third kappa shape index (κ3) is 4.70. The van der Waals surface area contributed by atoms with Gasteiger partial charge < -0.3 is 30.4 Å². The van der Waals surface area contributed by atoms with E-state index in [9.17, 15) is 4.39 Å². The van der Waals surface area contributed by atoms with Crippen LogP contribution in [-0.2, 0) is 9.47 Å². The third-order valence-electron chi connectivity index (χ3n) is 4.64. The first-order chi connectivity index (χ1) is 17.5. The second-order valence-electron chi connectivity index (χ2n) is 6.79. The highest BCUT2D eigenvalue weighted by Gasteiger charge is 2.17. The molecule has 0 saturated carbocycles. The van der Waals surface area contributed by atoms with Crippen molar-refractivity contribution in [2.45, 2.75) is 6.10 Å².